The van der Waals surface area contributed by atoms with Crippen LogP contribution in [-0.2, 0) is 10.2 Å². The maximum Gasteiger partial charge on any atom is 0.308 e. The van der Waals surface area contributed by atoms with Crippen molar-refractivity contribution in [2.24, 2.45) is 0 Å². The third-order valence-electron chi connectivity index (χ3n) is 1.82. The average molecular weight is 231 g/mol. The third kappa shape index (κ3) is 2.07. The first-order valence-electron chi connectivity index (χ1n) is 4.26. The van der Waals surface area contributed by atoms with Crippen LogP contribution in [0, 0.1) is 6.92 Å². The maximum atomic E-state index is 11.8. The number of Topliss-reactive ketones (excluding diaryl/α,β-unsaturated/α-hetero) is 1. The Hall–Kier alpha value is -1.21. The molecule has 84 valence electrons. The Morgan fingerprint density at radius 3 is 2.40 bits per heavy atom. The summed E-state index contributed by atoms with van der Waals surface area (Å²) in [4.78, 5) is 15.0. The minimum Gasteiger partial charge on any atom is -0.291 e. The summed E-state index contributed by atoms with van der Waals surface area (Å²) in [6, 6.07) is 0. The predicted molar refractivity (Wildman–Crippen MR) is 55.0 cm³/mol. The van der Waals surface area contributed by atoms with Crippen LogP contribution in [0.15, 0.2) is 6.20 Å². The van der Waals surface area contributed by atoms with Crippen LogP contribution in [0.4, 0.5) is 0 Å². The molecule has 1 aromatic rings. The molecule has 0 aliphatic carbocycles. The Bertz CT molecular complexity index is 487. The van der Waals surface area contributed by atoms with Crippen molar-refractivity contribution in [3.63, 3.8) is 0 Å². The summed E-state index contributed by atoms with van der Waals surface area (Å²) in [7, 11) is -0.870. The molecule has 0 atom stereocenters. The molecule has 0 spiro atoms. The maximum absolute atomic E-state index is 11.8. The molecule has 15 heavy (non-hydrogen) atoms. The highest BCUT2D eigenvalue weighted by Gasteiger charge is 2.22. The molecule has 0 aliphatic rings. The number of hydrogen-bond donors (Lipinski definition) is 0. The van der Waals surface area contributed by atoms with Gasteiger partial charge < -0.3 is 0 Å². The molecule has 0 unspecified atom stereocenters. The highest BCUT2D eigenvalue weighted by Crippen LogP contribution is 2.09. The molecule has 0 saturated heterocycles. The second-order valence-electron chi connectivity index (χ2n) is 3.35. The van der Waals surface area contributed by atoms with Gasteiger partial charge in [0.05, 0.1) is 5.69 Å². The Morgan fingerprint density at radius 2 is 2.00 bits per heavy atom. The molecule has 1 heterocycles. The van der Waals surface area contributed by atoms with Gasteiger partial charge in [-0.15, -0.1) is 0 Å². The van der Waals surface area contributed by atoms with Gasteiger partial charge in [-0.3, -0.25) is 4.79 Å². The summed E-state index contributed by atoms with van der Waals surface area (Å²) in [5, 5.41) is 0. The zero-order chi connectivity index (χ0) is 11.8. The average Bonchev–Trinajstić information content (AvgIpc) is 2.47. The van der Waals surface area contributed by atoms with Gasteiger partial charge in [-0.1, -0.05) is 0 Å². The van der Waals surface area contributed by atoms with Crippen LogP contribution >= 0.6 is 0 Å². The number of imidazole rings is 1. The van der Waals surface area contributed by atoms with E-state index in [1.165, 1.54) is 27.2 Å². The van der Waals surface area contributed by atoms with E-state index in [-0.39, 0.29) is 11.6 Å². The lowest BCUT2D eigenvalue weighted by Crippen LogP contribution is -2.30. The predicted octanol–water partition coefficient (Wildman–Crippen LogP) is 0.0486. The lowest BCUT2D eigenvalue weighted by atomic mass is 10.4. The molecule has 0 saturated carbocycles. The number of nitrogens with zero attached hydrogens (tertiary/aromatic N) is 3. The summed E-state index contributed by atoms with van der Waals surface area (Å²) in [5.74, 6) is -0.449. The number of ketones is 1. The van der Waals surface area contributed by atoms with Crippen molar-refractivity contribution in [2.45, 2.75) is 13.8 Å². The number of hydrogen-bond acceptors (Lipinski definition) is 4. The lowest BCUT2D eigenvalue weighted by molar-refractivity contribution is 0.100. The van der Waals surface area contributed by atoms with Crippen LogP contribution in [0.25, 0.3) is 0 Å². The fourth-order valence-electron chi connectivity index (χ4n) is 1.06. The summed E-state index contributed by atoms with van der Waals surface area (Å²) >= 11 is 0. The van der Waals surface area contributed by atoms with E-state index in [1.807, 2.05) is 0 Å². The highest BCUT2D eigenvalue weighted by molar-refractivity contribution is 7.87. The van der Waals surface area contributed by atoms with Crippen LogP contribution in [0.1, 0.15) is 23.2 Å². The van der Waals surface area contributed by atoms with Gasteiger partial charge >= 0.3 is 10.2 Å². The number of aryl methyl sites for hydroxylation is 1. The van der Waals surface area contributed by atoms with Crippen LogP contribution in [0.2, 0.25) is 0 Å². The van der Waals surface area contributed by atoms with E-state index in [0.29, 0.717) is 5.69 Å². The fraction of sp³-hybridized carbons (Fsp3) is 0.500. The van der Waals surface area contributed by atoms with Crippen LogP contribution in [0.5, 0.6) is 0 Å². The molecule has 1 aromatic heterocycles. The van der Waals surface area contributed by atoms with Gasteiger partial charge in [-0.05, 0) is 6.92 Å². The number of carbonyl (C=O) groups excluding carboxylic acids is 1. The van der Waals surface area contributed by atoms with Crippen LogP contribution in [0.3, 0.4) is 0 Å². The minimum absolute atomic E-state index is 0.0683. The zero-order valence-electron chi connectivity index (χ0n) is 9.05. The Labute approximate surface area is 88.7 Å². The molecule has 0 N–H and O–H groups in total. The van der Waals surface area contributed by atoms with Gasteiger partial charge in [0.15, 0.2) is 11.6 Å². The Morgan fingerprint density at radius 1 is 1.47 bits per heavy atom. The first-order valence-corrected chi connectivity index (χ1v) is 5.66. The molecule has 0 amide bonds. The smallest absolute Gasteiger partial charge is 0.291 e. The van der Waals surface area contributed by atoms with Gasteiger partial charge in [0, 0.05) is 27.2 Å². The number of rotatable bonds is 3. The topological polar surface area (TPSA) is 72.3 Å². The van der Waals surface area contributed by atoms with Crippen molar-refractivity contribution in [3.8, 4) is 0 Å². The van der Waals surface area contributed by atoms with Gasteiger partial charge in [-0.2, -0.15) is 12.7 Å². The van der Waals surface area contributed by atoms with Crippen LogP contribution < -0.4 is 0 Å². The summed E-state index contributed by atoms with van der Waals surface area (Å²) in [6.07, 6.45) is 1.33. The Balaban J connectivity index is 3.44. The molecule has 1 rings (SSSR count). The summed E-state index contributed by atoms with van der Waals surface area (Å²) in [6.45, 7) is 2.91. The SMILES string of the molecule is CC(=O)c1nc(C)cn1S(=O)(=O)N(C)C. The highest BCUT2D eigenvalue weighted by atomic mass is 32.2. The second-order valence-corrected chi connectivity index (χ2v) is 5.37. The Kier molecular flexibility index (Phi) is 2.96. The standard InChI is InChI=1S/C8H13N3O3S/c1-6-5-11(8(9-6)7(2)12)15(13,14)10(3)4/h5H,1-4H3. The van der Waals surface area contributed by atoms with E-state index >= 15 is 0 Å². The van der Waals surface area contributed by atoms with Crippen LogP contribution in [-0.4, -0.2) is 41.6 Å². The monoisotopic (exact) mass is 231 g/mol. The van der Waals surface area contributed by atoms with E-state index < -0.39 is 10.2 Å². The van der Waals surface area contributed by atoms with Crippen molar-refractivity contribution < 1.29 is 13.2 Å². The largest absolute Gasteiger partial charge is 0.308 e. The number of aromatic nitrogens is 2. The van der Waals surface area contributed by atoms with Crippen molar-refractivity contribution in [2.75, 3.05) is 14.1 Å². The van der Waals surface area contributed by atoms with E-state index in [9.17, 15) is 13.2 Å². The number of carbonyl (C=O) groups is 1. The molecule has 0 bridgehead atoms. The van der Waals surface area contributed by atoms with E-state index in [4.69, 9.17) is 0 Å². The molecule has 0 fully saturated rings. The molecule has 6 nitrogen and oxygen atoms in total. The van der Waals surface area contributed by atoms with Crippen molar-refractivity contribution >= 4 is 16.0 Å². The first-order chi connectivity index (χ1) is 6.76. The van der Waals surface area contributed by atoms with Crippen molar-refractivity contribution in [1.82, 2.24) is 13.3 Å². The van der Waals surface area contributed by atoms with E-state index in [2.05, 4.69) is 4.98 Å². The fourth-order valence-corrected chi connectivity index (χ4v) is 2.09. The molecular formula is C8H13N3O3S. The summed E-state index contributed by atoms with van der Waals surface area (Å²) < 4.78 is 25.5. The zero-order valence-corrected chi connectivity index (χ0v) is 9.87. The van der Waals surface area contributed by atoms with E-state index in [1.54, 1.807) is 6.92 Å². The normalized spacial score (nSPS) is 12.1. The lowest BCUT2D eigenvalue weighted by Gasteiger charge is -2.12. The van der Waals surface area contributed by atoms with Gasteiger partial charge in [0.2, 0.25) is 0 Å². The molecule has 0 radical (unpaired) electrons. The quantitative estimate of drug-likeness (QED) is 0.689. The first kappa shape index (κ1) is 11.9. The second kappa shape index (κ2) is 3.74. The molecular weight excluding hydrogens is 218 g/mol. The van der Waals surface area contributed by atoms with Crippen molar-refractivity contribution in [3.05, 3.63) is 17.7 Å². The molecule has 7 heteroatoms. The van der Waals surface area contributed by atoms with Gasteiger partial charge in [0.25, 0.3) is 0 Å². The molecule has 0 aliphatic heterocycles. The molecule has 0 aromatic carbocycles. The van der Waals surface area contributed by atoms with E-state index in [0.717, 1.165) is 8.28 Å². The third-order valence-corrected chi connectivity index (χ3v) is 3.52. The summed E-state index contributed by atoms with van der Waals surface area (Å²) in [5.41, 5.74) is 0.491. The van der Waals surface area contributed by atoms with Crippen molar-refractivity contribution in [1.29, 1.82) is 0 Å². The van der Waals surface area contributed by atoms with Gasteiger partial charge in [0.1, 0.15) is 0 Å². The minimum atomic E-state index is -3.67. The van der Waals surface area contributed by atoms with Gasteiger partial charge in [-0.25, -0.2) is 8.96 Å².